The van der Waals surface area contributed by atoms with Gasteiger partial charge in [-0.3, -0.25) is 9.59 Å². The molecule has 0 spiro atoms. The number of carbonyl (C=O) groups excluding carboxylic acids is 3. The van der Waals surface area contributed by atoms with E-state index in [1.807, 2.05) is 12.1 Å². The van der Waals surface area contributed by atoms with Crippen LogP contribution >= 0.6 is 0 Å². The maximum Gasteiger partial charge on any atom is 0.331 e. The fourth-order valence-electron chi connectivity index (χ4n) is 2.91. The first-order valence-electron chi connectivity index (χ1n) is 9.66. The number of carbonyl (C=O) groups is 3. The highest BCUT2D eigenvalue weighted by Crippen LogP contribution is 2.23. The number of aliphatic hydroxyl groups excluding tert-OH is 2. The molecule has 1 aromatic rings. The summed E-state index contributed by atoms with van der Waals surface area (Å²) in [7, 11) is 2.77. The van der Waals surface area contributed by atoms with Crippen LogP contribution in [0.5, 0.6) is 5.75 Å². The van der Waals surface area contributed by atoms with Gasteiger partial charge in [0.1, 0.15) is 37.3 Å². The largest absolute Gasteiger partial charge is 0.497 e. The number of esters is 1. The second kappa shape index (κ2) is 12.2. The van der Waals surface area contributed by atoms with E-state index >= 15 is 0 Å². The van der Waals surface area contributed by atoms with Crippen molar-refractivity contribution in [2.24, 2.45) is 0 Å². The highest BCUT2D eigenvalue weighted by molar-refractivity contribution is 5.78. The van der Waals surface area contributed by atoms with Crippen LogP contribution in [-0.2, 0) is 35.1 Å². The fourth-order valence-corrected chi connectivity index (χ4v) is 2.91. The standard InChI is InChI=1S/C20H28N2O9/c1-28-13-5-3-12(4-6-13)8-21-16(23)7-14-19(26)20(27)15(31-14)9-22-17(24)10-30-11-18(25)29-2/h3-6,14-15,19-20,26-27H,7-11H2,1-2H3,(H,21,23)(H,22,24)/t14-,15-,19+,20-/m1/s1. The summed E-state index contributed by atoms with van der Waals surface area (Å²) in [6.07, 6.45) is -4.50. The minimum absolute atomic E-state index is 0.0946. The van der Waals surface area contributed by atoms with Crippen molar-refractivity contribution >= 4 is 17.8 Å². The molecule has 11 nitrogen and oxygen atoms in total. The SMILES string of the molecule is COC(=O)COCC(=O)NC[C@H]1O[C@H](CC(=O)NCc2ccc(OC)cc2)[C@H](O)[C@@H]1O. The first-order chi connectivity index (χ1) is 14.8. The normalized spacial score (nSPS) is 22.6. The molecule has 1 heterocycles. The lowest BCUT2D eigenvalue weighted by atomic mass is 10.1. The van der Waals surface area contributed by atoms with Crippen LogP contribution in [0.15, 0.2) is 24.3 Å². The predicted molar refractivity (Wildman–Crippen MR) is 106 cm³/mol. The number of aliphatic hydroxyl groups is 2. The number of nitrogens with one attached hydrogen (secondary N) is 2. The third kappa shape index (κ3) is 7.79. The molecule has 172 valence electrons. The molecule has 0 bridgehead atoms. The van der Waals surface area contributed by atoms with Gasteiger partial charge in [-0.1, -0.05) is 12.1 Å². The van der Waals surface area contributed by atoms with Crippen LogP contribution < -0.4 is 15.4 Å². The summed E-state index contributed by atoms with van der Waals surface area (Å²) in [6, 6.07) is 7.19. The minimum Gasteiger partial charge on any atom is -0.497 e. The molecule has 1 fully saturated rings. The van der Waals surface area contributed by atoms with Crippen molar-refractivity contribution in [3.63, 3.8) is 0 Å². The summed E-state index contributed by atoms with van der Waals surface area (Å²) >= 11 is 0. The minimum atomic E-state index is -1.27. The van der Waals surface area contributed by atoms with Crippen molar-refractivity contribution in [3.8, 4) is 5.75 Å². The average molecular weight is 440 g/mol. The third-order valence-corrected chi connectivity index (χ3v) is 4.68. The van der Waals surface area contributed by atoms with Crippen molar-refractivity contribution in [1.29, 1.82) is 0 Å². The van der Waals surface area contributed by atoms with Gasteiger partial charge in [-0.05, 0) is 17.7 Å². The lowest BCUT2D eigenvalue weighted by molar-refractivity contribution is -0.147. The number of hydrogen-bond donors (Lipinski definition) is 4. The third-order valence-electron chi connectivity index (χ3n) is 4.68. The molecule has 1 saturated heterocycles. The molecule has 4 atom stereocenters. The van der Waals surface area contributed by atoms with Gasteiger partial charge in [0.05, 0.1) is 26.7 Å². The van der Waals surface area contributed by atoms with Crippen molar-refractivity contribution in [3.05, 3.63) is 29.8 Å². The second-order valence-corrected chi connectivity index (χ2v) is 6.90. The van der Waals surface area contributed by atoms with Gasteiger partial charge in [0.25, 0.3) is 0 Å². The van der Waals surface area contributed by atoms with Gasteiger partial charge in [-0.25, -0.2) is 4.79 Å². The van der Waals surface area contributed by atoms with Gasteiger partial charge in [-0.15, -0.1) is 0 Å². The Bertz CT molecular complexity index is 741. The smallest absolute Gasteiger partial charge is 0.331 e. The van der Waals surface area contributed by atoms with Crippen LogP contribution in [0.4, 0.5) is 0 Å². The highest BCUT2D eigenvalue weighted by atomic mass is 16.6. The van der Waals surface area contributed by atoms with Gasteiger partial charge < -0.3 is 39.8 Å². The first kappa shape index (κ1) is 24.5. The summed E-state index contributed by atoms with van der Waals surface area (Å²) < 4.78 is 19.9. The second-order valence-electron chi connectivity index (χ2n) is 6.90. The van der Waals surface area contributed by atoms with Crippen LogP contribution in [0.2, 0.25) is 0 Å². The van der Waals surface area contributed by atoms with Crippen molar-refractivity contribution < 1.29 is 43.5 Å². The van der Waals surface area contributed by atoms with Crippen LogP contribution in [0.1, 0.15) is 12.0 Å². The molecule has 2 rings (SSSR count). The number of amides is 2. The summed E-state index contributed by atoms with van der Waals surface area (Å²) in [5, 5.41) is 25.5. The number of ether oxygens (including phenoxy) is 4. The van der Waals surface area contributed by atoms with E-state index in [0.29, 0.717) is 12.3 Å². The molecule has 4 N–H and O–H groups in total. The molecule has 0 aliphatic carbocycles. The van der Waals surface area contributed by atoms with Crippen molar-refractivity contribution in [2.75, 3.05) is 34.0 Å². The molecule has 2 amide bonds. The quantitative estimate of drug-likeness (QED) is 0.301. The predicted octanol–water partition coefficient (Wildman–Crippen LogP) is -1.50. The molecule has 1 aromatic carbocycles. The van der Waals surface area contributed by atoms with E-state index in [-0.39, 0.29) is 32.1 Å². The monoisotopic (exact) mass is 440 g/mol. The molecule has 0 saturated carbocycles. The fraction of sp³-hybridized carbons (Fsp3) is 0.550. The van der Waals surface area contributed by atoms with Crippen molar-refractivity contribution in [2.45, 2.75) is 37.4 Å². The van der Waals surface area contributed by atoms with Gasteiger partial charge in [-0.2, -0.15) is 0 Å². The zero-order chi connectivity index (χ0) is 22.8. The van der Waals surface area contributed by atoms with E-state index in [0.717, 1.165) is 5.56 Å². The lowest BCUT2D eigenvalue weighted by Crippen LogP contribution is -2.41. The molecular weight excluding hydrogens is 412 g/mol. The van der Waals surface area contributed by atoms with Gasteiger partial charge in [0.15, 0.2) is 0 Å². The van der Waals surface area contributed by atoms with E-state index in [1.165, 1.54) is 7.11 Å². The van der Waals surface area contributed by atoms with E-state index in [2.05, 4.69) is 15.4 Å². The van der Waals surface area contributed by atoms with Gasteiger partial charge >= 0.3 is 5.97 Å². The van der Waals surface area contributed by atoms with E-state index in [9.17, 15) is 24.6 Å². The molecule has 31 heavy (non-hydrogen) atoms. The van der Waals surface area contributed by atoms with Crippen molar-refractivity contribution in [1.82, 2.24) is 10.6 Å². The van der Waals surface area contributed by atoms with E-state index in [1.54, 1.807) is 19.2 Å². The Balaban J connectivity index is 1.72. The number of rotatable bonds is 11. The summed E-state index contributed by atoms with van der Waals surface area (Å²) in [4.78, 5) is 34.8. The van der Waals surface area contributed by atoms with Crippen LogP contribution in [0.3, 0.4) is 0 Å². The Morgan fingerprint density at radius 2 is 1.65 bits per heavy atom. The van der Waals surface area contributed by atoms with Crippen LogP contribution in [0, 0.1) is 0 Å². The Kier molecular flexibility index (Phi) is 9.66. The van der Waals surface area contributed by atoms with Crippen LogP contribution in [0.25, 0.3) is 0 Å². The molecule has 1 aliphatic heterocycles. The summed E-state index contributed by atoms with van der Waals surface area (Å²) in [5.74, 6) is -0.791. The first-order valence-corrected chi connectivity index (χ1v) is 9.66. The summed E-state index contributed by atoms with van der Waals surface area (Å²) in [6.45, 7) is -0.543. The van der Waals surface area contributed by atoms with E-state index < -0.39 is 36.3 Å². The Morgan fingerprint density at radius 3 is 2.29 bits per heavy atom. The zero-order valence-corrected chi connectivity index (χ0v) is 17.4. The Labute approximate surface area is 179 Å². The number of hydrogen-bond acceptors (Lipinski definition) is 9. The molecule has 0 aromatic heterocycles. The molecule has 0 radical (unpaired) electrons. The molecule has 0 unspecified atom stereocenters. The van der Waals surface area contributed by atoms with Gasteiger partial charge in [0, 0.05) is 13.1 Å². The molecule has 11 heteroatoms. The lowest BCUT2D eigenvalue weighted by Gasteiger charge is -2.15. The average Bonchev–Trinajstić information content (AvgIpc) is 3.04. The Hall–Kier alpha value is -2.73. The maximum absolute atomic E-state index is 12.2. The van der Waals surface area contributed by atoms with E-state index in [4.69, 9.17) is 14.2 Å². The summed E-state index contributed by atoms with van der Waals surface area (Å²) in [5.41, 5.74) is 0.872. The van der Waals surface area contributed by atoms with Crippen LogP contribution in [-0.4, -0.2) is 86.4 Å². The number of methoxy groups -OCH3 is 2. The topological polar surface area (TPSA) is 153 Å². The molecular formula is C20H28N2O9. The molecule has 1 aliphatic rings. The van der Waals surface area contributed by atoms with Gasteiger partial charge in [0.2, 0.25) is 11.8 Å². The Morgan fingerprint density at radius 1 is 0.968 bits per heavy atom. The maximum atomic E-state index is 12.2. The zero-order valence-electron chi connectivity index (χ0n) is 17.4. The number of benzene rings is 1. The highest BCUT2D eigenvalue weighted by Gasteiger charge is 2.43.